The Kier molecular flexibility index (Phi) is 4.52. The van der Waals surface area contributed by atoms with Crippen LogP contribution in [0.25, 0.3) is 0 Å². The van der Waals surface area contributed by atoms with Crippen LogP contribution >= 0.6 is 0 Å². The van der Waals surface area contributed by atoms with E-state index in [9.17, 15) is 0 Å². The first-order chi connectivity index (χ1) is 11.9. The van der Waals surface area contributed by atoms with Gasteiger partial charge in [0.2, 0.25) is 6.79 Å². The summed E-state index contributed by atoms with van der Waals surface area (Å²) in [6, 6.07) is 19.4. The molecule has 0 aromatic heterocycles. The zero-order valence-corrected chi connectivity index (χ0v) is 13.9. The molecule has 124 valence electrons. The number of fused-ring (bicyclic) bond motifs is 1. The van der Waals surface area contributed by atoms with Crippen LogP contribution in [0, 0.1) is 5.92 Å². The van der Waals surface area contributed by atoms with Crippen LogP contribution in [0.3, 0.4) is 0 Å². The molecule has 2 aliphatic heterocycles. The Morgan fingerprint density at radius 2 is 1.75 bits per heavy atom. The molecule has 2 aliphatic rings. The Labute approximate surface area is 143 Å². The first kappa shape index (κ1) is 15.3. The molecule has 0 aliphatic carbocycles. The number of rotatable bonds is 5. The molecule has 2 aromatic rings. The molecule has 0 amide bonds. The van der Waals surface area contributed by atoms with Crippen LogP contribution in [0.4, 0.5) is 0 Å². The molecule has 0 saturated carbocycles. The normalized spacial score (nSPS) is 18.2. The lowest BCUT2D eigenvalue weighted by Gasteiger charge is -2.31. The fraction of sp³-hybridized carbons (Fsp3) is 0.333. The molecule has 3 nitrogen and oxygen atoms in total. The third-order valence-corrected chi connectivity index (χ3v) is 4.91. The summed E-state index contributed by atoms with van der Waals surface area (Å²) < 4.78 is 11.0. The zero-order valence-electron chi connectivity index (χ0n) is 13.9. The SMILES string of the molecule is C1=C(C(Cc2ccccc2)CN2CCc3ccccc3C2)OCO1. The van der Waals surface area contributed by atoms with Crippen molar-refractivity contribution in [3.8, 4) is 0 Å². The third-order valence-electron chi connectivity index (χ3n) is 4.91. The molecule has 1 unspecified atom stereocenters. The molecule has 2 aromatic carbocycles. The highest BCUT2D eigenvalue weighted by molar-refractivity contribution is 5.29. The predicted molar refractivity (Wildman–Crippen MR) is 94.2 cm³/mol. The molecule has 4 rings (SSSR count). The van der Waals surface area contributed by atoms with Crippen LogP contribution in [-0.2, 0) is 28.9 Å². The standard InChI is InChI=1S/C21H23NO2/c1-2-6-17(7-3-1)12-20(21-15-23-16-24-21)14-22-11-10-18-8-4-5-9-19(18)13-22/h1-9,15,20H,10-14,16H2. The largest absolute Gasteiger partial charge is 0.462 e. The van der Waals surface area contributed by atoms with Gasteiger partial charge in [-0.3, -0.25) is 4.90 Å². The molecule has 2 heterocycles. The van der Waals surface area contributed by atoms with Gasteiger partial charge < -0.3 is 9.47 Å². The Balaban J connectivity index is 1.48. The maximum atomic E-state index is 5.71. The molecule has 1 atom stereocenters. The molecular weight excluding hydrogens is 298 g/mol. The van der Waals surface area contributed by atoms with E-state index in [1.165, 1.54) is 16.7 Å². The first-order valence-electron chi connectivity index (χ1n) is 8.66. The van der Waals surface area contributed by atoms with Crippen molar-refractivity contribution in [3.63, 3.8) is 0 Å². The average molecular weight is 321 g/mol. The van der Waals surface area contributed by atoms with E-state index in [2.05, 4.69) is 59.5 Å². The van der Waals surface area contributed by atoms with E-state index < -0.39 is 0 Å². The van der Waals surface area contributed by atoms with Crippen LogP contribution in [0.2, 0.25) is 0 Å². The van der Waals surface area contributed by atoms with E-state index in [1.54, 1.807) is 6.26 Å². The molecule has 0 N–H and O–H groups in total. The van der Waals surface area contributed by atoms with Crippen LogP contribution in [-0.4, -0.2) is 24.8 Å². The molecule has 0 radical (unpaired) electrons. The molecular formula is C21H23NO2. The molecule has 0 bridgehead atoms. The van der Waals surface area contributed by atoms with Crippen molar-refractivity contribution in [2.45, 2.75) is 19.4 Å². The van der Waals surface area contributed by atoms with Crippen molar-refractivity contribution in [1.29, 1.82) is 0 Å². The van der Waals surface area contributed by atoms with Crippen LogP contribution in [0.1, 0.15) is 16.7 Å². The lowest BCUT2D eigenvalue weighted by Crippen LogP contribution is -2.35. The van der Waals surface area contributed by atoms with E-state index in [0.717, 1.165) is 38.2 Å². The summed E-state index contributed by atoms with van der Waals surface area (Å²) in [5, 5.41) is 0. The number of ether oxygens (including phenoxy) is 2. The van der Waals surface area contributed by atoms with Crippen molar-refractivity contribution in [2.75, 3.05) is 19.9 Å². The second-order valence-corrected chi connectivity index (χ2v) is 6.59. The highest BCUT2D eigenvalue weighted by Gasteiger charge is 2.25. The molecule has 3 heteroatoms. The zero-order chi connectivity index (χ0) is 16.2. The summed E-state index contributed by atoms with van der Waals surface area (Å²) in [7, 11) is 0. The van der Waals surface area contributed by atoms with Gasteiger partial charge in [0, 0.05) is 25.6 Å². The van der Waals surface area contributed by atoms with Gasteiger partial charge in [-0.25, -0.2) is 0 Å². The van der Waals surface area contributed by atoms with E-state index >= 15 is 0 Å². The smallest absolute Gasteiger partial charge is 0.229 e. The summed E-state index contributed by atoms with van der Waals surface area (Å²) in [6.07, 6.45) is 3.91. The van der Waals surface area contributed by atoms with E-state index in [1.807, 2.05) is 0 Å². The van der Waals surface area contributed by atoms with Gasteiger partial charge in [0.15, 0.2) is 0 Å². The molecule has 0 saturated heterocycles. The third kappa shape index (κ3) is 3.46. The number of hydrogen-bond donors (Lipinski definition) is 0. The molecule has 24 heavy (non-hydrogen) atoms. The van der Waals surface area contributed by atoms with Gasteiger partial charge >= 0.3 is 0 Å². The van der Waals surface area contributed by atoms with Crippen molar-refractivity contribution < 1.29 is 9.47 Å². The number of benzene rings is 2. The summed E-state index contributed by atoms with van der Waals surface area (Å²) in [6.45, 7) is 3.48. The van der Waals surface area contributed by atoms with E-state index in [0.29, 0.717) is 12.7 Å². The minimum Gasteiger partial charge on any atom is -0.462 e. The Bertz CT molecular complexity index is 711. The fourth-order valence-electron chi connectivity index (χ4n) is 3.64. The van der Waals surface area contributed by atoms with Gasteiger partial charge in [0.1, 0.15) is 12.0 Å². The highest BCUT2D eigenvalue weighted by atomic mass is 16.7. The lowest BCUT2D eigenvalue weighted by molar-refractivity contribution is 0.0654. The first-order valence-corrected chi connectivity index (χ1v) is 8.66. The topological polar surface area (TPSA) is 21.7 Å². The maximum Gasteiger partial charge on any atom is 0.229 e. The van der Waals surface area contributed by atoms with Gasteiger partial charge in [-0.15, -0.1) is 0 Å². The molecule has 0 fully saturated rings. The maximum absolute atomic E-state index is 5.71. The summed E-state index contributed by atoms with van der Waals surface area (Å²) in [5.74, 6) is 1.32. The van der Waals surface area contributed by atoms with Gasteiger partial charge in [-0.1, -0.05) is 54.6 Å². The monoisotopic (exact) mass is 321 g/mol. The van der Waals surface area contributed by atoms with Gasteiger partial charge in [-0.05, 0) is 29.5 Å². The van der Waals surface area contributed by atoms with Crippen molar-refractivity contribution in [2.24, 2.45) is 5.92 Å². The van der Waals surface area contributed by atoms with Crippen molar-refractivity contribution >= 4 is 0 Å². The van der Waals surface area contributed by atoms with Crippen LogP contribution < -0.4 is 0 Å². The van der Waals surface area contributed by atoms with Crippen LogP contribution in [0.15, 0.2) is 66.6 Å². The average Bonchev–Trinajstić information content (AvgIpc) is 3.17. The van der Waals surface area contributed by atoms with Crippen molar-refractivity contribution in [1.82, 2.24) is 4.90 Å². The Hall–Kier alpha value is -2.26. The van der Waals surface area contributed by atoms with Crippen LogP contribution in [0.5, 0.6) is 0 Å². The number of hydrogen-bond acceptors (Lipinski definition) is 3. The van der Waals surface area contributed by atoms with E-state index in [-0.39, 0.29) is 0 Å². The van der Waals surface area contributed by atoms with Gasteiger partial charge in [-0.2, -0.15) is 0 Å². The highest BCUT2D eigenvalue weighted by Crippen LogP contribution is 2.26. The van der Waals surface area contributed by atoms with Crippen molar-refractivity contribution in [3.05, 3.63) is 83.3 Å². The lowest BCUT2D eigenvalue weighted by atomic mass is 9.94. The number of nitrogens with zero attached hydrogens (tertiary/aromatic N) is 1. The predicted octanol–water partition coefficient (Wildman–Crippen LogP) is 3.75. The Morgan fingerprint density at radius 1 is 0.958 bits per heavy atom. The van der Waals surface area contributed by atoms with Gasteiger partial charge in [0.05, 0.1) is 0 Å². The summed E-state index contributed by atoms with van der Waals surface area (Å²) in [4.78, 5) is 2.54. The summed E-state index contributed by atoms with van der Waals surface area (Å²) in [5.41, 5.74) is 4.30. The fourth-order valence-corrected chi connectivity index (χ4v) is 3.64. The second kappa shape index (κ2) is 7.10. The Morgan fingerprint density at radius 3 is 2.54 bits per heavy atom. The summed E-state index contributed by atoms with van der Waals surface area (Å²) >= 11 is 0. The van der Waals surface area contributed by atoms with E-state index in [4.69, 9.17) is 9.47 Å². The minimum atomic E-state index is 0.333. The second-order valence-electron chi connectivity index (χ2n) is 6.59. The quantitative estimate of drug-likeness (QED) is 0.837. The molecule has 0 spiro atoms. The minimum absolute atomic E-state index is 0.333. The van der Waals surface area contributed by atoms with Gasteiger partial charge in [0.25, 0.3) is 0 Å².